The quantitative estimate of drug-likeness (QED) is 0.579. The lowest BCUT2D eigenvalue weighted by Crippen LogP contribution is -2.33. The Morgan fingerprint density at radius 1 is 1.33 bits per heavy atom. The van der Waals surface area contributed by atoms with Crippen LogP contribution in [0.3, 0.4) is 0 Å². The van der Waals surface area contributed by atoms with Crippen molar-refractivity contribution in [2.24, 2.45) is 5.84 Å². The number of rotatable bonds is 7. The first-order valence-corrected chi connectivity index (χ1v) is 6.56. The summed E-state index contributed by atoms with van der Waals surface area (Å²) in [6.07, 6.45) is 0.921. The molecule has 1 rings (SSSR count). The summed E-state index contributed by atoms with van der Waals surface area (Å²) in [5.74, 6) is 5.42. The molecule has 0 amide bonds. The molecule has 0 saturated heterocycles. The Labute approximate surface area is 109 Å². The predicted molar refractivity (Wildman–Crippen MR) is 73.6 cm³/mol. The zero-order chi connectivity index (χ0) is 13.5. The first kappa shape index (κ1) is 15.1. The lowest BCUT2D eigenvalue weighted by atomic mass is 9.99. The first-order valence-electron chi connectivity index (χ1n) is 6.56. The van der Waals surface area contributed by atoms with E-state index in [1.54, 1.807) is 6.07 Å². The summed E-state index contributed by atoms with van der Waals surface area (Å²) in [4.78, 5) is 2.35. The van der Waals surface area contributed by atoms with Crippen LogP contribution >= 0.6 is 0 Å². The summed E-state index contributed by atoms with van der Waals surface area (Å²) in [7, 11) is 0. The Morgan fingerprint density at radius 2 is 2.00 bits per heavy atom. The van der Waals surface area contributed by atoms with Gasteiger partial charge < -0.3 is 4.90 Å². The summed E-state index contributed by atoms with van der Waals surface area (Å²) in [6, 6.07) is 4.93. The zero-order valence-corrected chi connectivity index (χ0v) is 11.5. The van der Waals surface area contributed by atoms with Gasteiger partial charge in [-0.05, 0) is 56.2 Å². The maximum Gasteiger partial charge on any atom is 0.123 e. The largest absolute Gasteiger partial charge is 0.304 e. The third kappa shape index (κ3) is 4.05. The third-order valence-corrected chi connectivity index (χ3v) is 3.44. The fraction of sp³-hybridized carbons (Fsp3) is 0.571. The lowest BCUT2D eigenvalue weighted by Gasteiger charge is -2.23. The Morgan fingerprint density at radius 3 is 2.50 bits per heavy atom. The Bertz CT molecular complexity index is 364. The molecule has 1 aromatic carbocycles. The summed E-state index contributed by atoms with van der Waals surface area (Å²) in [5.41, 5.74) is 4.85. The van der Waals surface area contributed by atoms with Gasteiger partial charge in [-0.25, -0.2) is 4.39 Å². The van der Waals surface area contributed by atoms with Crippen LogP contribution in [0.15, 0.2) is 18.2 Å². The van der Waals surface area contributed by atoms with Gasteiger partial charge in [-0.3, -0.25) is 11.3 Å². The molecular formula is C14H24FN3. The minimum atomic E-state index is -0.198. The second-order valence-electron chi connectivity index (χ2n) is 4.54. The van der Waals surface area contributed by atoms with Gasteiger partial charge >= 0.3 is 0 Å². The molecule has 1 atom stereocenters. The second-order valence-corrected chi connectivity index (χ2v) is 4.54. The maximum atomic E-state index is 13.1. The molecule has 102 valence electrons. The highest BCUT2D eigenvalue weighted by atomic mass is 19.1. The number of benzene rings is 1. The van der Waals surface area contributed by atoms with Crippen LogP contribution in [0.25, 0.3) is 0 Å². The standard InChI is InChI=1S/C14H24FN3/c1-4-18(5-2)9-8-14(17-16)13-7-6-12(15)10-11(13)3/h6-7,10,14,17H,4-5,8-9,16H2,1-3H3. The van der Waals surface area contributed by atoms with Crippen molar-refractivity contribution in [2.75, 3.05) is 19.6 Å². The van der Waals surface area contributed by atoms with E-state index < -0.39 is 0 Å². The zero-order valence-electron chi connectivity index (χ0n) is 11.5. The second kappa shape index (κ2) is 7.46. The molecule has 0 aromatic heterocycles. The van der Waals surface area contributed by atoms with Crippen LogP contribution in [-0.4, -0.2) is 24.5 Å². The van der Waals surface area contributed by atoms with Gasteiger partial charge in [-0.1, -0.05) is 19.9 Å². The molecule has 0 heterocycles. The van der Waals surface area contributed by atoms with Gasteiger partial charge in [-0.15, -0.1) is 0 Å². The van der Waals surface area contributed by atoms with Crippen molar-refractivity contribution in [3.8, 4) is 0 Å². The van der Waals surface area contributed by atoms with E-state index in [0.29, 0.717) is 0 Å². The van der Waals surface area contributed by atoms with Crippen LogP contribution in [-0.2, 0) is 0 Å². The molecule has 0 spiro atoms. The van der Waals surface area contributed by atoms with Gasteiger partial charge in [0, 0.05) is 6.04 Å². The van der Waals surface area contributed by atoms with Gasteiger partial charge in [-0.2, -0.15) is 0 Å². The average molecular weight is 253 g/mol. The molecule has 0 aliphatic heterocycles. The number of nitrogens with one attached hydrogen (secondary N) is 1. The normalized spacial score (nSPS) is 13.0. The van der Waals surface area contributed by atoms with E-state index in [-0.39, 0.29) is 11.9 Å². The first-order chi connectivity index (χ1) is 8.62. The molecule has 0 aliphatic carbocycles. The van der Waals surface area contributed by atoms with E-state index in [1.807, 2.05) is 13.0 Å². The van der Waals surface area contributed by atoms with E-state index in [1.165, 1.54) is 6.07 Å². The van der Waals surface area contributed by atoms with Gasteiger partial charge in [0.05, 0.1) is 0 Å². The van der Waals surface area contributed by atoms with Crippen molar-refractivity contribution >= 4 is 0 Å². The van der Waals surface area contributed by atoms with Crippen LogP contribution in [0.5, 0.6) is 0 Å². The van der Waals surface area contributed by atoms with Crippen LogP contribution in [0.4, 0.5) is 4.39 Å². The topological polar surface area (TPSA) is 41.3 Å². The van der Waals surface area contributed by atoms with Crippen molar-refractivity contribution < 1.29 is 4.39 Å². The van der Waals surface area contributed by atoms with Crippen LogP contribution in [0.1, 0.15) is 37.4 Å². The molecule has 0 saturated carbocycles. The van der Waals surface area contributed by atoms with E-state index in [0.717, 1.165) is 37.2 Å². The fourth-order valence-corrected chi connectivity index (χ4v) is 2.21. The molecule has 0 aliphatic rings. The minimum absolute atomic E-state index is 0.0752. The van der Waals surface area contributed by atoms with Crippen LogP contribution in [0.2, 0.25) is 0 Å². The number of nitrogens with zero attached hydrogens (tertiary/aromatic N) is 1. The van der Waals surface area contributed by atoms with Crippen LogP contribution in [0, 0.1) is 12.7 Å². The summed E-state index contributed by atoms with van der Waals surface area (Å²) in [5, 5.41) is 0. The van der Waals surface area contributed by atoms with Crippen molar-refractivity contribution in [2.45, 2.75) is 33.2 Å². The number of nitrogens with two attached hydrogens (primary N) is 1. The number of hydrogen-bond donors (Lipinski definition) is 2. The molecule has 0 bridgehead atoms. The Kier molecular flexibility index (Phi) is 6.25. The third-order valence-electron chi connectivity index (χ3n) is 3.44. The van der Waals surface area contributed by atoms with Crippen molar-refractivity contribution in [3.63, 3.8) is 0 Å². The van der Waals surface area contributed by atoms with E-state index in [9.17, 15) is 4.39 Å². The fourth-order valence-electron chi connectivity index (χ4n) is 2.21. The van der Waals surface area contributed by atoms with Crippen molar-refractivity contribution in [1.29, 1.82) is 0 Å². The smallest absolute Gasteiger partial charge is 0.123 e. The van der Waals surface area contributed by atoms with Crippen molar-refractivity contribution in [3.05, 3.63) is 35.1 Å². The van der Waals surface area contributed by atoms with Gasteiger partial charge in [0.15, 0.2) is 0 Å². The van der Waals surface area contributed by atoms with Gasteiger partial charge in [0.2, 0.25) is 0 Å². The molecule has 3 N–H and O–H groups in total. The highest BCUT2D eigenvalue weighted by Gasteiger charge is 2.13. The molecule has 18 heavy (non-hydrogen) atoms. The van der Waals surface area contributed by atoms with Crippen molar-refractivity contribution in [1.82, 2.24) is 10.3 Å². The minimum Gasteiger partial charge on any atom is -0.304 e. The molecular weight excluding hydrogens is 229 g/mol. The van der Waals surface area contributed by atoms with Crippen LogP contribution < -0.4 is 11.3 Å². The number of halogens is 1. The number of hydrazine groups is 1. The maximum absolute atomic E-state index is 13.1. The molecule has 0 fully saturated rings. The summed E-state index contributed by atoms with van der Waals surface area (Å²) < 4.78 is 13.1. The number of hydrogen-bond acceptors (Lipinski definition) is 3. The molecule has 1 aromatic rings. The van der Waals surface area contributed by atoms with E-state index >= 15 is 0 Å². The molecule has 0 radical (unpaired) electrons. The average Bonchev–Trinajstić information content (AvgIpc) is 2.36. The highest BCUT2D eigenvalue weighted by Crippen LogP contribution is 2.21. The van der Waals surface area contributed by atoms with E-state index in [2.05, 4.69) is 24.2 Å². The summed E-state index contributed by atoms with van der Waals surface area (Å²) >= 11 is 0. The van der Waals surface area contributed by atoms with Gasteiger partial charge in [0.25, 0.3) is 0 Å². The predicted octanol–water partition coefficient (Wildman–Crippen LogP) is 2.37. The Balaban J connectivity index is 2.71. The monoisotopic (exact) mass is 253 g/mol. The highest BCUT2D eigenvalue weighted by molar-refractivity contribution is 5.29. The molecule has 1 unspecified atom stereocenters. The molecule has 3 nitrogen and oxygen atoms in total. The SMILES string of the molecule is CCN(CC)CCC(NN)c1ccc(F)cc1C. The van der Waals surface area contributed by atoms with Gasteiger partial charge in [0.1, 0.15) is 5.82 Å². The Hall–Kier alpha value is -0.970. The lowest BCUT2D eigenvalue weighted by molar-refractivity contribution is 0.282. The van der Waals surface area contributed by atoms with E-state index in [4.69, 9.17) is 5.84 Å². The summed E-state index contributed by atoms with van der Waals surface area (Å²) in [6.45, 7) is 9.28. The number of aryl methyl sites for hydroxylation is 1. The molecule has 4 heteroatoms.